The topological polar surface area (TPSA) is 101 Å². The van der Waals surface area contributed by atoms with E-state index < -0.39 is 18.0 Å². The van der Waals surface area contributed by atoms with Crippen molar-refractivity contribution in [3.05, 3.63) is 88.8 Å². The minimum absolute atomic E-state index is 0.149. The van der Waals surface area contributed by atoms with Crippen LogP contribution in [0.2, 0.25) is 0 Å². The molecule has 2 aliphatic rings. The van der Waals surface area contributed by atoms with E-state index in [-0.39, 0.29) is 36.5 Å². The second-order valence-corrected chi connectivity index (χ2v) is 8.94. The fourth-order valence-corrected chi connectivity index (χ4v) is 5.54. The molecule has 0 radical (unpaired) electrons. The van der Waals surface area contributed by atoms with Gasteiger partial charge in [0, 0.05) is 49.0 Å². The van der Waals surface area contributed by atoms with E-state index in [1.807, 2.05) is 54.6 Å². The Morgan fingerprint density at radius 2 is 1.71 bits per heavy atom. The highest BCUT2D eigenvalue weighted by molar-refractivity contribution is 5.98. The third kappa shape index (κ3) is 3.94. The normalized spacial score (nSPS) is 22.5. The largest absolute Gasteiger partial charge is 0.396 e. The smallest absolute Gasteiger partial charge is 0.258 e. The lowest BCUT2D eigenvalue weighted by atomic mass is 9.88. The van der Waals surface area contributed by atoms with Crippen LogP contribution < -0.4 is 10.9 Å². The number of hydrogen-bond acceptors (Lipinski definition) is 5. The lowest BCUT2D eigenvalue weighted by Gasteiger charge is -2.31. The number of likely N-dealkylation sites (tertiary alicyclic amines) is 1. The Morgan fingerprint density at radius 3 is 2.37 bits per heavy atom. The van der Waals surface area contributed by atoms with Crippen molar-refractivity contribution >= 4 is 17.5 Å². The van der Waals surface area contributed by atoms with Gasteiger partial charge in [-0.3, -0.25) is 14.4 Å². The summed E-state index contributed by atoms with van der Waals surface area (Å²) in [6.07, 6.45) is 0. The van der Waals surface area contributed by atoms with Crippen LogP contribution >= 0.6 is 0 Å². The number of fused-ring (bicyclic) bond motifs is 3. The van der Waals surface area contributed by atoms with Gasteiger partial charge in [0.2, 0.25) is 11.8 Å². The molecular formula is C27H27N3O5. The third-order valence-corrected chi connectivity index (χ3v) is 7.03. The number of methoxy groups -OCH3 is 1. The zero-order valence-electron chi connectivity index (χ0n) is 19.3. The fourth-order valence-electron chi connectivity index (χ4n) is 5.54. The van der Waals surface area contributed by atoms with E-state index in [2.05, 4.69) is 5.32 Å². The Balaban J connectivity index is 1.56. The molecule has 8 nitrogen and oxygen atoms in total. The molecule has 2 aromatic carbocycles. The molecule has 3 aromatic rings. The number of amides is 2. The SMILES string of the molecule is COCC(=O)N1[C@@H]2c3ccc(-c4ccccc4)c(=O)n3C[C@@H]2[C@@H](CO)[C@@H]1C(=O)Nc1ccccc1. The van der Waals surface area contributed by atoms with Gasteiger partial charge in [0.15, 0.2) is 0 Å². The predicted octanol–water partition coefficient (Wildman–Crippen LogP) is 2.29. The second kappa shape index (κ2) is 9.48. The van der Waals surface area contributed by atoms with Gasteiger partial charge in [-0.15, -0.1) is 0 Å². The molecule has 0 spiro atoms. The minimum atomic E-state index is -0.893. The van der Waals surface area contributed by atoms with Crippen LogP contribution in [0.3, 0.4) is 0 Å². The van der Waals surface area contributed by atoms with Crippen LogP contribution in [-0.4, -0.2) is 52.8 Å². The minimum Gasteiger partial charge on any atom is -0.396 e. The van der Waals surface area contributed by atoms with Gasteiger partial charge < -0.3 is 24.6 Å². The fraction of sp³-hybridized carbons (Fsp3) is 0.296. The number of benzene rings is 2. The summed E-state index contributed by atoms with van der Waals surface area (Å²) in [7, 11) is 1.42. The maximum Gasteiger partial charge on any atom is 0.258 e. The summed E-state index contributed by atoms with van der Waals surface area (Å²) >= 11 is 0. The summed E-state index contributed by atoms with van der Waals surface area (Å²) in [5.74, 6) is -1.56. The van der Waals surface area contributed by atoms with Crippen molar-refractivity contribution in [2.75, 3.05) is 25.6 Å². The molecule has 1 fully saturated rings. The first-order valence-electron chi connectivity index (χ1n) is 11.6. The lowest BCUT2D eigenvalue weighted by molar-refractivity contribution is -0.143. The Kier molecular flexibility index (Phi) is 6.23. The number of carbonyl (C=O) groups excluding carboxylic acids is 2. The lowest BCUT2D eigenvalue weighted by Crippen LogP contribution is -2.49. The molecular weight excluding hydrogens is 446 g/mol. The predicted molar refractivity (Wildman–Crippen MR) is 131 cm³/mol. The van der Waals surface area contributed by atoms with Gasteiger partial charge in [-0.1, -0.05) is 48.5 Å². The highest BCUT2D eigenvalue weighted by Crippen LogP contribution is 2.49. The maximum absolute atomic E-state index is 13.4. The van der Waals surface area contributed by atoms with E-state index in [1.165, 1.54) is 12.0 Å². The molecule has 3 heterocycles. The molecule has 4 atom stereocenters. The molecule has 1 aromatic heterocycles. The maximum atomic E-state index is 13.4. The van der Waals surface area contributed by atoms with Crippen LogP contribution in [0, 0.1) is 11.8 Å². The van der Waals surface area contributed by atoms with Gasteiger partial charge in [0.25, 0.3) is 5.56 Å². The van der Waals surface area contributed by atoms with E-state index >= 15 is 0 Å². The highest BCUT2D eigenvalue weighted by Gasteiger charge is 2.57. The number of carbonyl (C=O) groups is 2. The molecule has 1 saturated heterocycles. The molecule has 180 valence electrons. The molecule has 0 bridgehead atoms. The number of para-hydroxylation sites is 1. The number of aliphatic hydroxyl groups is 1. The summed E-state index contributed by atoms with van der Waals surface area (Å²) in [6.45, 7) is -0.182. The molecule has 2 aliphatic heterocycles. The van der Waals surface area contributed by atoms with Gasteiger partial charge in [0.1, 0.15) is 12.6 Å². The summed E-state index contributed by atoms with van der Waals surface area (Å²) in [4.78, 5) is 41.6. The van der Waals surface area contributed by atoms with E-state index in [1.54, 1.807) is 22.8 Å². The van der Waals surface area contributed by atoms with Crippen molar-refractivity contribution in [3.8, 4) is 11.1 Å². The Hall–Kier alpha value is -3.75. The Bertz CT molecular complexity index is 1290. The van der Waals surface area contributed by atoms with Gasteiger partial charge in [-0.25, -0.2) is 0 Å². The average molecular weight is 474 g/mol. The van der Waals surface area contributed by atoms with E-state index in [0.29, 0.717) is 23.5 Å². The number of anilines is 1. The summed E-state index contributed by atoms with van der Waals surface area (Å²) in [5, 5.41) is 13.2. The van der Waals surface area contributed by atoms with Crippen molar-refractivity contribution in [3.63, 3.8) is 0 Å². The van der Waals surface area contributed by atoms with Crippen LogP contribution in [0.5, 0.6) is 0 Å². The highest BCUT2D eigenvalue weighted by atomic mass is 16.5. The average Bonchev–Trinajstić information content (AvgIpc) is 3.40. The van der Waals surface area contributed by atoms with Crippen LogP contribution in [-0.2, 0) is 20.9 Å². The van der Waals surface area contributed by atoms with Crippen LogP contribution in [0.15, 0.2) is 77.6 Å². The van der Waals surface area contributed by atoms with Crippen LogP contribution in [0.1, 0.15) is 11.7 Å². The van der Waals surface area contributed by atoms with Gasteiger partial charge in [0.05, 0.1) is 6.04 Å². The van der Waals surface area contributed by atoms with Gasteiger partial charge in [-0.2, -0.15) is 0 Å². The Morgan fingerprint density at radius 1 is 1.03 bits per heavy atom. The van der Waals surface area contributed by atoms with Crippen LogP contribution in [0.25, 0.3) is 11.1 Å². The van der Waals surface area contributed by atoms with E-state index in [0.717, 1.165) is 5.56 Å². The van der Waals surface area contributed by atoms with E-state index in [9.17, 15) is 19.5 Å². The van der Waals surface area contributed by atoms with Crippen molar-refractivity contribution in [1.29, 1.82) is 0 Å². The molecule has 2 amide bonds. The van der Waals surface area contributed by atoms with Crippen molar-refractivity contribution in [2.24, 2.45) is 11.8 Å². The molecule has 2 N–H and O–H groups in total. The van der Waals surface area contributed by atoms with Crippen LogP contribution in [0.4, 0.5) is 5.69 Å². The van der Waals surface area contributed by atoms with Gasteiger partial charge >= 0.3 is 0 Å². The number of nitrogens with one attached hydrogen (secondary N) is 1. The molecule has 5 rings (SSSR count). The number of ether oxygens (including phenoxy) is 1. The standard InChI is InChI=1S/C27H27N3O5/c1-35-16-23(32)30-24-20(21(15-31)25(30)26(33)28-18-10-6-3-7-11-18)14-29-22(24)13-12-19(27(29)34)17-8-4-2-5-9-17/h2-13,20-21,24-25,31H,14-16H2,1H3,(H,28,33)/t20-,21-,24+,25-/m1/s1. The van der Waals surface area contributed by atoms with Crippen molar-refractivity contribution in [2.45, 2.75) is 18.6 Å². The first-order chi connectivity index (χ1) is 17.0. The zero-order chi connectivity index (χ0) is 24.5. The summed E-state index contributed by atoms with van der Waals surface area (Å²) in [6, 6.07) is 20.6. The quantitative estimate of drug-likeness (QED) is 0.572. The number of hydrogen-bond donors (Lipinski definition) is 2. The molecule has 35 heavy (non-hydrogen) atoms. The van der Waals surface area contributed by atoms with Gasteiger partial charge in [-0.05, 0) is 29.8 Å². The number of aliphatic hydroxyl groups excluding tert-OH is 1. The number of rotatable bonds is 6. The third-order valence-electron chi connectivity index (χ3n) is 7.03. The Labute approximate surface area is 202 Å². The van der Waals surface area contributed by atoms with E-state index in [4.69, 9.17) is 4.74 Å². The monoisotopic (exact) mass is 473 g/mol. The van der Waals surface area contributed by atoms with Crippen molar-refractivity contribution < 1.29 is 19.4 Å². The molecule has 0 aliphatic carbocycles. The molecule has 8 heteroatoms. The number of nitrogens with zero attached hydrogens (tertiary/aromatic N) is 2. The van der Waals surface area contributed by atoms with Crippen molar-refractivity contribution in [1.82, 2.24) is 9.47 Å². The first-order valence-corrected chi connectivity index (χ1v) is 11.6. The number of pyridine rings is 1. The molecule has 0 saturated carbocycles. The zero-order valence-corrected chi connectivity index (χ0v) is 19.3. The first kappa shape index (κ1) is 23.0. The summed E-state index contributed by atoms with van der Waals surface area (Å²) < 4.78 is 6.79. The number of aromatic nitrogens is 1. The second-order valence-electron chi connectivity index (χ2n) is 8.94. The molecule has 0 unspecified atom stereocenters. The summed E-state index contributed by atoms with van der Waals surface area (Å²) in [5.41, 5.74) is 2.51.